The first-order chi connectivity index (χ1) is 10.2. The van der Waals surface area contributed by atoms with Crippen LogP contribution in [0, 0.1) is 0 Å². The Hall–Kier alpha value is -2.01. The van der Waals surface area contributed by atoms with Gasteiger partial charge in [0.15, 0.2) is 11.5 Å². The van der Waals surface area contributed by atoms with Gasteiger partial charge in [-0.3, -0.25) is 4.68 Å². The highest BCUT2D eigenvalue weighted by Gasteiger charge is 2.27. The molecule has 0 radical (unpaired) electrons. The molecule has 0 saturated heterocycles. The Labute approximate surface area is 124 Å². The molecule has 0 fully saturated rings. The lowest BCUT2D eigenvalue weighted by Crippen LogP contribution is -2.46. The van der Waals surface area contributed by atoms with Crippen LogP contribution in [0.25, 0.3) is 0 Å². The number of aryl methyl sites for hydroxylation is 2. The summed E-state index contributed by atoms with van der Waals surface area (Å²) in [7, 11) is 1.95. The number of benzene rings is 1. The van der Waals surface area contributed by atoms with E-state index in [1.165, 1.54) is 0 Å². The average molecular weight is 287 g/mol. The van der Waals surface area contributed by atoms with Gasteiger partial charge in [-0.05, 0) is 24.6 Å². The van der Waals surface area contributed by atoms with E-state index < -0.39 is 0 Å². The largest absolute Gasteiger partial charge is 0.486 e. The zero-order valence-electron chi connectivity index (χ0n) is 12.5. The van der Waals surface area contributed by atoms with Gasteiger partial charge >= 0.3 is 0 Å². The Morgan fingerprint density at radius 2 is 2.14 bits per heavy atom. The van der Waals surface area contributed by atoms with Crippen LogP contribution in [0.2, 0.25) is 0 Å². The van der Waals surface area contributed by atoms with Crippen LogP contribution in [0.15, 0.2) is 30.3 Å². The van der Waals surface area contributed by atoms with E-state index in [2.05, 4.69) is 18.1 Å². The highest BCUT2D eigenvalue weighted by Crippen LogP contribution is 2.31. The van der Waals surface area contributed by atoms with Crippen molar-refractivity contribution in [1.82, 2.24) is 9.78 Å². The van der Waals surface area contributed by atoms with Crippen LogP contribution in [0.4, 0.5) is 0 Å². The summed E-state index contributed by atoms with van der Waals surface area (Å²) in [5, 5.41) is 4.45. The molecular formula is C16H21N3O2. The van der Waals surface area contributed by atoms with Crippen molar-refractivity contribution in [3.63, 3.8) is 0 Å². The maximum atomic E-state index is 6.31. The molecule has 2 aromatic rings. The number of hydrogen-bond acceptors (Lipinski definition) is 4. The second-order valence-corrected chi connectivity index (χ2v) is 5.39. The van der Waals surface area contributed by atoms with Gasteiger partial charge in [-0.1, -0.05) is 19.1 Å². The van der Waals surface area contributed by atoms with E-state index in [1.54, 1.807) is 0 Å². The summed E-state index contributed by atoms with van der Waals surface area (Å²) in [6.45, 7) is 2.58. The minimum absolute atomic E-state index is 0.126. The summed E-state index contributed by atoms with van der Waals surface area (Å²) in [5.41, 5.74) is 8.53. The van der Waals surface area contributed by atoms with Gasteiger partial charge in [0.05, 0.1) is 11.7 Å². The van der Waals surface area contributed by atoms with Gasteiger partial charge in [0.25, 0.3) is 0 Å². The summed E-state index contributed by atoms with van der Waals surface area (Å²) in [5.74, 6) is 1.55. The van der Waals surface area contributed by atoms with Crippen molar-refractivity contribution in [2.24, 2.45) is 12.8 Å². The summed E-state index contributed by atoms with van der Waals surface area (Å²) in [6, 6.07) is 9.67. The standard InChI is InChI=1S/C16H21N3O2/c1-3-11-8-12(19(2)18-11)9-13(17)16-10-20-14-6-4-5-7-15(14)21-16/h4-8,13,16H,3,9-10,17H2,1-2H3. The van der Waals surface area contributed by atoms with E-state index in [-0.39, 0.29) is 12.1 Å². The van der Waals surface area contributed by atoms with Gasteiger partial charge in [0.1, 0.15) is 12.7 Å². The van der Waals surface area contributed by atoms with Gasteiger partial charge < -0.3 is 15.2 Å². The molecule has 2 unspecified atom stereocenters. The second-order valence-electron chi connectivity index (χ2n) is 5.39. The van der Waals surface area contributed by atoms with Crippen LogP contribution in [-0.4, -0.2) is 28.5 Å². The highest BCUT2D eigenvalue weighted by atomic mass is 16.6. The third-order valence-electron chi connectivity index (χ3n) is 3.84. The van der Waals surface area contributed by atoms with E-state index >= 15 is 0 Å². The van der Waals surface area contributed by atoms with Crippen LogP contribution in [0.3, 0.4) is 0 Å². The van der Waals surface area contributed by atoms with Crippen LogP contribution >= 0.6 is 0 Å². The summed E-state index contributed by atoms with van der Waals surface area (Å²) in [6.07, 6.45) is 1.51. The maximum Gasteiger partial charge on any atom is 0.161 e. The molecule has 1 aliphatic heterocycles. The van der Waals surface area contributed by atoms with Crippen molar-refractivity contribution in [2.75, 3.05) is 6.61 Å². The SMILES string of the molecule is CCc1cc(CC(N)C2COc3ccccc3O2)n(C)n1. The molecule has 2 atom stereocenters. The lowest BCUT2D eigenvalue weighted by Gasteiger charge is -2.30. The highest BCUT2D eigenvalue weighted by molar-refractivity contribution is 5.40. The lowest BCUT2D eigenvalue weighted by atomic mass is 10.1. The monoisotopic (exact) mass is 287 g/mol. The zero-order valence-corrected chi connectivity index (χ0v) is 12.5. The number of fused-ring (bicyclic) bond motifs is 1. The topological polar surface area (TPSA) is 62.3 Å². The fourth-order valence-corrected chi connectivity index (χ4v) is 2.56. The normalized spacial score (nSPS) is 18.5. The first kappa shape index (κ1) is 13.9. The predicted octanol–water partition coefficient (Wildman–Crippen LogP) is 1.69. The van der Waals surface area contributed by atoms with Crippen molar-refractivity contribution < 1.29 is 9.47 Å². The van der Waals surface area contributed by atoms with Gasteiger partial charge in [0.2, 0.25) is 0 Å². The zero-order chi connectivity index (χ0) is 14.8. The summed E-state index contributed by atoms with van der Waals surface area (Å²) >= 11 is 0. The van der Waals surface area contributed by atoms with Crippen molar-refractivity contribution in [1.29, 1.82) is 0 Å². The molecular weight excluding hydrogens is 266 g/mol. The lowest BCUT2D eigenvalue weighted by molar-refractivity contribution is 0.0718. The van der Waals surface area contributed by atoms with Gasteiger partial charge in [-0.15, -0.1) is 0 Å². The van der Waals surface area contributed by atoms with E-state index in [9.17, 15) is 0 Å². The predicted molar refractivity (Wildman–Crippen MR) is 80.6 cm³/mol. The summed E-state index contributed by atoms with van der Waals surface area (Å²) < 4.78 is 13.6. The van der Waals surface area contributed by atoms with Crippen molar-refractivity contribution in [2.45, 2.75) is 31.9 Å². The Balaban J connectivity index is 1.69. The molecule has 1 aliphatic rings. The van der Waals surface area contributed by atoms with E-state index in [0.29, 0.717) is 6.61 Å². The maximum absolute atomic E-state index is 6.31. The molecule has 0 amide bonds. The Bertz CT molecular complexity index is 624. The van der Waals surface area contributed by atoms with E-state index in [1.807, 2.05) is 36.0 Å². The molecule has 21 heavy (non-hydrogen) atoms. The van der Waals surface area contributed by atoms with E-state index in [4.69, 9.17) is 15.2 Å². The third kappa shape index (κ3) is 2.88. The minimum atomic E-state index is -0.139. The third-order valence-corrected chi connectivity index (χ3v) is 3.84. The quantitative estimate of drug-likeness (QED) is 0.929. The second kappa shape index (κ2) is 5.77. The number of rotatable bonds is 4. The van der Waals surface area contributed by atoms with Crippen molar-refractivity contribution >= 4 is 0 Å². The number of nitrogens with two attached hydrogens (primary N) is 1. The van der Waals surface area contributed by atoms with Crippen LogP contribution in [-0.2, 0) is 19.9 Å². The Morgan fingerprint density at radius 1 is 1.38 bits per heavy atom. The Morgan fingerprint density at radius 3 is 2.86 bits per heavy atom. The van der Waals surface area contributed by atoms with Crippen LogP contribution < -0.4 is 15.2 Å². The molecule has 2 heterocycles. The number of nitrogens with zero attached hydrogens (tertiary/aromatic N) is 2. The Kier molecular flexibility index (Phi) is 3.84. The molecule has 1 aromatic carbocycles. The molecule has 3 rings (SSSR count). The van der Waals surface area contributed by atoms with Crippen LogP contribution in [0.1, 0.15) is 18.3 Å². The van der Waals surface area contributed by atoms with Gasteiger partial charge in [-0.25, -0.2) is 0 Å². The number of aromatic nitrogens is 2. The van der Waals surface area contributed by atoms with Gasteiger partial charge in [0, 0.05) is 19.2 Å². The smallest absolute Gasteiger partial charge is 0.161 e. The van der Waals surface area contributed by atoms with E-state index in [0.717, 1.165) is 35.7 Å². The van der Waals surface area contributed by atoms with Crippen LogP contribution in [0.5, 0.6) is 11.5 Å². The number of hydrogen-bond donors (Lipinski definition) is 1. The molecule has 1 aromatic heterocycles. The first-order valence-corrected chi connectivity index (χ1v) is 7.33. The minimum Gasteiger partial charge on any atom is -0.486 e. The van der Waals surface area contributed by atoms with Crippen molar-refractivity contribution in [3.05, 3.63) is 41.7 Å². The molecule has 5 heteroatoms. The molecule has 0 saturated carbocycles. The average Bonchev–Trinajstić information content (AvgIpc) is 2.87. The summed E-state index contributed by atoms with van der Waals surface area (Å²) in [4.78, 5) is 0. The number of para-hydroxylation sites is 2. The fourth-order valence-electron chi connectivity index (χ4n) is 2.56. The van der Waals surface area contributed by atoms with Crippen molar-refractivity contribution in [3.8, 4) is 11.5 Å². The first-order valence-electron chi connectivity index (χ1n) is 7.33. The molecule has 0 bridgehead atoms. The van der Waals surface area contributed by atoms with Gasteiger partial charge in [-0.2, -0.15) is 5.10 Å². The molecule has 0 aliphatic carbocycles. The molecule has 112 valence electrons. The number of ether oxygens (including phenoxy) is 2. The molecule has 0 spiro atoms. The molecule has 5 nitrogen and oxygen atoms in total. The molecule has 2 N–H and O–H groups in total. The fraction of sp³-hybridized carbons (Fsp3) is 0.438.